The predicted octanol–water partition coefficient (Wildman–Crippen LogP) is 4.74. The van der Waals surface area contributed by atoms with Crippen LogP contribution in [-0.4, -0.2) is 10.4 Å². The summed E-state index contributed by atoms with van der Waals surface area (Å²) in [5.41, 5.74) is 3.53. The molecule has 0 aliphatic heterocycles. The lowest BCUT2D eigenvalue weighted by molar-refractivity contribution is 0.387. The second kappa shape index (κ2) is 4.89. The first-order valence-electron chi connectivity index (χ1n) is 6.37. The number of rotatable bonds is 2. The Hall–Kier alpha value is -1.08. The van der Waals surface area contributed by atoms with E-state index in [0.717, 1.165) is 17.6 Å². The van der Waals surface area contributed by atoms with Crippen molar-refractivity contribution < 1.29 is 0 Å². The van der Waals surface area contributed by atoms with Crippen LogP contribution in [0.15, 0.2) is 30.3 Å². The van der Waals surface area contributed by atoms with Crippen LogP contribution >= 0.6 is 11.6 Å². The third kappa shape index (κ3) is 2.84. The molecule has 0 saturated carbocycles. The molecule has 1 atom stereocenters. The smallest absolute Gasteiger partial charge is 0.0707 e. The molecule has 2 heteroatoms. The monoisotopic (exact) mass is 261 g/mol. The highest BCUT2D eigenvalue weighted by molar-refractivity contribution is 6.21. The number of halogens is 1. The molecular formula is C16H20ClN. The zero-order valence-corrected chi connectivity index (χ0v) is 12.3. The number of pyridine rings is 1. The highest BCUT2D eigenvalue weighted by Gasteiger charge is 2.23. The largest absolute Gasteiger partial charge is 0.253 e. The third-order valence-corrected chi connectivity index (χ3v) is 4.08. The van der Waals surface area contributed by atoms with E-state index >= 15 is 0 Å². The summed E-state index contributed by atoms with van der Waals surface area (Å²) in [6, 6.07) is 10.4. The summed E-state index contributed by atoms with van der Waals surface area (Å²) in [7, 11) is 0. The molecular weight excluding hydrogens is 242 g/mol. The van der Waals surface area contributed by atoms with E-state index in [4.69, 9.17) is 11.6 Å². The predicted molar refractivity (Wildman–Crippen MR) is 79.3 cm³/mol. The van der Waals surface area contributed by atoms with Gasteiger partial charge in [-0.15, -0.1) is 11.6 Å². The summed E-state index contributed by atoms with van der Waals surface area (Å²) in [5.74, 6) is 0. The molecule has 1 nitrogen and oxygen atoms in total. The number of fused-ring (bicyclic) bond motifs is 1. The van der Waals surface area contributed by atoms with Crippen molar-refractivity contribution in [1.29, 1.82) is 0 Å². The van der Waals surface area contributed by atoms with Gasteiger partial charge in [-0.25, -0.2) is 0 Å². The summed E-state index contributed by atoms with van der Waals surface area (Å²) in [6.45, 7) is 8.58. The highest BCUT2D eigenvalue weighted by atomic mass is 35.5. The molecule has 18 heavy (non-hydrogen) atoms. The fraction of sp³-hybridized carbons (Fsp3) is 0.438. The number of alkyl halides is 1. The fourth-order valence-corrected chi connectivity index (χ4v) is 2.23. The molecule has 0 radical (unpaired) electrons. The fourth-order valence-electron chi connectivity index (χ4n) is 2.06. The lowest BCUT2D eigenvalue weighted by Crippen LogP contribution is -2.23. The van der Waals surface area contributed by atoms with E-state index in [9.17, 15) is 0 Å². The van der Waals surface area contributed by atoms with Crippen LogP contribution in [0.2, 0.25) is 0 Å². The summed E-state index contributed by atoms with van der Waals surface area (Å²) in [5, 5.41) is 1.35. The number of aromatic nitrogens is 1. The molecule has 1 aromatic carbocycles. The Morgan fingerprint density at radius 3 is 2.56 bits per heavy atom. The Balaban J connectivity index is 2.44. The molecule has 0 N–H and O–H groups in total. The van der Waals surface area contributed by atoms with Gasteiger partial charge in [-0.3, -0.25) is 4.98 Å². The van der Waals surface area contributed by atoms with Gasteiger partial charge in [0.2, 0.25) is 0 Å². The van der Waals surface area contributed by atoms with Crippen molar-refractivity contribution in [1.82, 2.24) is 4.98 Å². The molecule has 0 aliphatic carbocycles. The Morgan fingerprint density at radius 2 is 1.89 bits per heavy atom. The van der Waals surface area contributed by atoms with Crippen molar-refractivity contribution in [3.05, 3.63) is 41.6 Å². The molecule has 0 saturated heterocycles. The van der Waals surface area contributed by atoms with Crippen molar-refractivity contribution >= 4 is 22.5 Å². The number of hydrogen-bond acceptors (Lipinski definition) is 1. The second-order valence-corrected chi connectivity index (χ2v) is 6.50. The molecule has 2 rings (SSSR count). The van der Waals surface area contributed by atoms with Gasteiger partial charge in [-0.2, -0.15) is 0 Å². The number of benzene rings is 1. The van der Waals surface area contributed by atoms with Gasteiger partial charge >= 0.3 is 0 Å². The average molecular weight is 262 g/mol. The Labute approximate surface area is 114 Å². The SMILES string of the molecule is Cc1cc(CC(Cl)C(C)(C)C)c2ccccc2n1. The van der Waals surface area contributed by atoms with Gasteiger partial charge in [0.05, 0.1) is 5.52 Å². The molecule has 96 valence electrons. The molecule has 0 fully saturated rings. The van der Waals surface area contributed by atoms with Crippen molar-refractivity contribution in [2.45, 2.75) is 39.5 Å². The van der Waals surface area contributed by atoms with Gasteiger partial charge < -0.3 is 0 Å². The van der Waals surface area contributed by atoms with Crippen molar-refractivity contribution in [3.63, 3.8) is 0 Å². The van der Waals surface area contributed by atoms with E-state index in [-0.39, 0.29) is 10.8 Å². The van der Waals surface area contributed by atoms with Crippen LogP contribution in [0, 0.1) is 12.3 Å². The van der Waals surface area contributed by atoms with Crippen LogP contribution in [-0.2, 0) is 6.42 Å². The molecule has 0 amide bonds. The second-order valence-electron chi connectivity index (χ2n) is 5.98. The average Bonchev–Trinajstić information content (AvgIpc) is 2.27. The van der Waals surface area contributed by atoms with Gasteiger partial charge in [-0.1, -0.05) is 39.0 Å². The molecule has 1 unspecified atom stereocenters. The van der Waals surface area contributed by atoms with Gasteiger partial charge in [-0.05, 0) is 36.5 Å². The summed E-state index contributed by atoms with van der Waals surface area (Å²) < 4.78 is 0. The minimum atomic E-state index is 0.111. The lowest BCUT2D eigenvalue weighted by atomic mass is 9.87. The first kappa shape index (κ1) is 13.4. The minimum absolute atomic E-state index is 0.111. The van der Waals surface area contributed by atoms with E-state index in [1.807, 2.05) is 13.0 Å². The zero-order valence-electron chi connectivity index (χ0n) is 11.5. The number of aryl methyl sites for hydroxylation is 1. The first-order valence-corrected chi connectivity index (χ1v) is 6.81. The van der Waals surface area contributed by atoms with Gasteiger partial charge in [0.25, 0.3) is 0 Å². The van der Waals surface area contributed by atoms with Crippen LogP contribution in [0.1, 0.15) is 32.0 Å². The normalized spacial score (nSPS) is 13.8. The molecule has 0 bridgehead atoms. The maximum Gasteiger partial charge on any atom is 0.0707 e. The highest BCUT2D eigenvalue weighted by Crippen LogP contribution is 2.29. The van der Waals surface area contributed by atoms with Crippen LogP contribution in [0.4, 0.5) is 0 Å². The maximum atomic E-state index is 6.52. The molecule has 0 spiro atoms. The van der Waals surface area contributed by atoms with E-state index in [2.05, 4.69) is 50.0 Å². The standard InChI is InChI=1S/C16H20ClN/c1-11-9-12(10-15(17)16(2,3)4)13-7-5-6-8-14(13)18-11/h5-9,15H,10H2,1-4H3. The summed E-state index contributed by atoms with van der Waals surface area (Å²) >= 11 is 6.52. The first-order chi connectivity index (χ1) is 8.38. The maximum absolute atomic E-state index is 6.52. The van der Waals surface area contributed by atoms with Crippen LogP contribution in [0.25, 0.3) is 10.9 Å². The number of hydrogen-bond donors (Lipinski definition) is 0. The van der Waals surface area contributed by atoms with E-state index < -0.39 is 0 Å². The van der Waals surface area contributed by atoms with Crippen molar-refractivity contribution in [2.75, 3.05) is 0 Å². The molecule has 1 heterocycles. The van der Waals surface area contributed by atoms with E-state index in [1.54, 1.807) is 0 Å². The van der Waals surface area contributed by atoms with Crippen LogP contribution < -0.4 is 0 Å². The molecule has 0 aliphatic rings. The number of nitrogens with zero attached hydrogens (tertiary/aromatic N) is 1. The quantitative estimate of drug-likeness (QED) is 0.712. The van der Waals surface area contributed by atoms with Crippen molar-refractivity contribution in [3.8, 4) is 0 Å². The molecule has 2 aromatic rings. The topological polar surface area (TPSA) is 12.9 Å². The Morgan fingerprint density at radius 1 is 1.22 bits per heavy atom. The molecule has 1 aromatic heterocycles. The van der Waals surface area contributed by atoms with E-state index in [0.29, 0.717) is 0 Å². The van der Waals surface area contributed by atoms with Gasteiger partial charge in [0, 0.05) is 16.5 Å². The summed E-state index contributed by atoms with van der Waals surface area (Å²) in [6.07, 6.45) is 0.884. The van der Waals surface area contributed by atoms with Gasteiger partial charge in [0.1, 0.15) is 0 Å². The van der Waals surface area contributed by atoms with Crippen LogP contribution in [0.3, 0.4) is 0 Å². The Kier molecular flexibility index (Phi) is 3.63. The Bertz CT molecular complexity index is 555. The van der Waals surface area contributed by atoms with E-state index in [1.165, 1.54) is 10.9 Å². The lowest BCUT2D eigenvalue weighted by Gasteiger charge is -2.25. The van der Waals surface area contributed by atoms with Crippen LogP contribution in [0.5, 0.6) is 0 Å². The summed E-state index contributed by atoms with van der Waals surface area (Å²) in [4.78, 5) is 4.56. The van der Waals surface area contributed by atoms with Gasteiger partial charge in [0.15, 0.2) is 0 Å². The third-order valence-electron chi connectivity index (χ3n) is 3.27. The minimum Gasteiger partial charge on any atom is -0.253 e. The number of para-hydroxylation sites is 1. The zero-order chi connectivity index (χ0) is 13.3. The van der Waals surface area contributed by atoms with Crippen molar-refractivity contribution in [2.24, 2.45) is 5.41 Å².